The van der Waals surface area contributed by atoms with Crippen LogP contribution in [-0.4, -0.2) is 23.8 Å². The molecule has 0 radical (unpaired) electrons. The fourth-order valence-corrected chi connectivity index (χ4v) is 1.33. The summed E-state index contributed by atoms with van der Waals surface area (Å²) in [6.45, 7) is -0.467. The summed E-state index contributed by atoms with van der Waals surface area (Å²) < 4.78 is 29.9. The summed E-state index contributed by atoms with van der Waals surface area (Å²) >= 11 is 2.15. The van der Waals surface area contributed by atoms with Crippen LogP contribution in [0.2, 0.25) is 0 Å². The Bertz CT molecular complexity index is 415. The van der Waals surface area contributed by atoms with Crippen molar-refractivity contribution < 1.29 is 23.4 Å². The Morgan fingerprint density at radius 3 is 2.53 bits per heavy atom. The third-order valence-corrected chi connectivity index (χ3v) is 2.51. The highest BCUT2D eigenvalue weighted by atomic mass is 127. The average molecular weight is 354 g/mol. The summed E-state index contributed by atoms with van der Waals surface area (Å²) in [5, 5.41) is 8.09. The van der Waals surface area contributed by atoms with Crippen molar-refractivity contribution in [3.63, 3.8) is 0 Å². The van der Waals surface area contributed by atoms with Crippen LogP contribution in [0.3, 0.4) is 0 Å². The molecule has 0 aliphatic heterocycles. The molecule has 0 aliphatic carbocycles. The number of carboxylic acids is 1. The van der Waals surface area contributed by atoms with E-state index in [0.29, 0.717) is 0 Å². The fraction of sp³-hybridized carbons (Fsp3) is 0.182. The van der Waals surface area contributed by atoms with Crippen molar-refractivity contribution in [3.8, 4) is 0 Å². The lowest BCUT2D eigenvalue weighted by molar-refractivity contribution is -0.241. The number of halogens is 3. The molecule has 0 unspecified atom stereocenters. The number of ether oxygens (including phenoxy) is 1. The second-order valence-electron chi connectivity index (χ2n) is 3.09. The molecule has 0 fully saturated rings. The van der Waals surface area contributed by atoms with Gasteiger partial charge < -0.3 is 9.84 Å². The van der Waals surface area contributed by atoms with E-state index in [4.69, 9.17) is 5.11 Å². The Labute approximate surface area is 110 Å². The molecule has 0 saturated carbocycles. The minimum Gasteiger partial charge on any atom is -0.475 e. The van der Waals surface area contributed by atoms with E-state index < -0.39 is 18.7 Å². The number of rotatable bonds is 5. The average Bonchev–Trinajstić information content (AvgIpc) is 2.26. The van der Waals surface area contributed by atoms with Crippen LogP contribution in [0.1, 0.15) is 5.56 Å². The zero-order valence-electron chi connectivity index (χ0n) is 8.57. The molecule has 1 aromatic rings. The van der Waals surface area contributed by atoms with E-state index in [9.17, 15) is 13.6 Å². The number of carboxylic acid groups (broad SMARTS) is 1. The Morgan fingerprint density at radius 2 is 2.00 bits per heavy atom. The van der Waals surface area contributed by atoms with Gasteiger partial charge in [-0.2, -0.15) is 8.78 Å². The molecule has 3 nitrogen and oxygen atoms in total. The predicted octanol–water partition coefficient (Wildman–Crippen LogP) is 3.00. The quantitative estimate of drug-likeness (QED) is 0.827. The maximum absolute atomic E-state index is 12.5. The van der Waals surface area contributed by atoms with Gasteiger partial charge in [0.25, 0.3) is 0 Å². The summed E-state index contributed by atoms with van der Waals surface area (Å²) in [4.78, 5) is 10.0. The van der Waals surface area contributed by atoms with Crippen molar-refractivity contribution in [1.29, 1.82) is 0 Å². The number of carbonyl (C=O) groups is 1. The van der Waals surface area contributed by atoms with E-state index in [0.717, 1.165) is 9.13 Å². The zero-order chi connectivity index (χ0) is 12.9. The monoisotopic (exact) mass is 354 g/mol. The standard InChI is InChI=1S/C11H9F2IO3/c12-11(13,10(15)16)17-7-1-2-8-3-5-9(14)6-4-8/h1-6H,7H2,(H,15,16)/b2-1+. The molecule has 0 aliphatic rings. The molecule has 0 aromatic heterocycles. The van der Waals surface area contributed by atoms with Crippen LogP contribution >= 0.6 is 22.6 Å². The number of hydrogen-bond donors (Lipinski definition) is 1. The third-order valence-electron chi connectivity index (χ3n) is 1.79. The molecule has 92 valence electrons. The van der Waals surface area contributed by atoms with Crippen molar-refractivity contribution in [3.05, 3.63) is 39.5 Å². The fourth-order valence-electron chi connectivity index (χ4n) is 0.973. The Balaban J connectivity index is 2.46. The van der Waals surface area contributed by atoms with Gasteiger partial charge in [-0.05, 0) is 40.3 Å². The topological polar surface area (TPSA) is 46.5 Å². The van der Waals surface area contributed by atoms with Crippen LogP contribution in [0.25, 0.3) is 6.08 Å². The van der Waals surface area contributed by atoms with Crippen molar-refractivity contribution >= 4 is 34.6 Å². The molecule has 1 rings (SSSR count). The molecule has 0 heterocycles. The number of aliphatic carboxylic acids is 1. The van der Waals surface area contributed by atoms with Gasteiger partial charge in [0.1, 0.15) is 0 Å². The molecule has 1 aromatic carbocycles. The summed E-state index contributed by atoms with van der Waals surface area (Å²) in [5.74, 6) is -2.29. The Hall–Kier alpha value is -1.02. The van der Waals surface area contributed by atoms with Crippen LogP contribution in [0.15, 0.2) is 30.3 Å². The second kappa shape index (κ2) is 6.06. The first-order chi connectivity index (χ1) is 7.92. The van der Waals surface area contributed by atoms with Crippen molar-refractivity contribution in [1.82, 2.24) is 0 Å². The van der Waals surface area contributed by atoms with Gasteiger partial charge in [-0.25, -0.2) is 4.79 Å². The maximum Gasteiger partial charge on any atom is 0.456 e. The van der Waals surface area contributed by atoms with E-state index in [-0.39, 0.29) is 0 Å². The molecule has 0 spiro atoms. The molecule has 1 N–H and O–H groups in total. The van der Waals surface area contributed by atoms with Gasteiger partial charge in [-0.1, -0.05) is 24.3 Å². The van der Waals surface area contributed by atoms with Crippen LogP contribution in [0.4, 0.5) is 8.78 Å². The summed E-state index contributed by atoms with van der Waals surface area (Å²) in [7, 11) is 0. The van der Waals surface area contributed by atoms with Gasteiger partial charge in [0.2, 0.25) is 0 Å². The number of benzene rings is 1. The number of alkyl halides is 2. The lowest BCUT2D eigenvalue weighted by atomic mass is 10.2. The van der Waals surface area contributed by atoms with Crippen molar-refractivity contribution in [2.75, 3.05) is 6.61 Å². The molecule has 6 heteroatoms. The van der Waals surface area contributed by atoms with Crippen molar-refractivity contribution in [2.24, 2.45) is 0 Å². The third kappa shape index (κ3) is 4.78. The first-order valence-corrected chi connectivity index (χ1v) is 5.67. The van der Waals surface area contributed by atoms with Gasteiger partial charge in [0, 0.05) is 3.57 Å². The van der Waals surface area contributed by atoms with Crippen LogP contribution < -0.4 is 0 Å². The highest BCUT2D eigenvalue weighted by Crippen LogP contribution is 2.15. The number of hydrogen-bond acceptors (Lipinski definition) is 2. The molecule has 0 saturated heterocycles. The first kappa shape index (κ1) is 14.0. The molecular weight excluding hydrogens is 345 g/mol. The minimum atomic E-state index is -4.14. The summed E-state index contributed by atoms with van der Waals surface area (Å²) in [6, 6.07) is 7.36. The Morgan fingerprint density at radius 1 is 1.41 bits per heavy atom. The SMILES string of the molecule is O=C(O)C(F)(F)OC/C=C/c1ccc(I)cc1. The van der Waals surface area contributed by atoms with Gasteiger partial charge >= 0.3 is 12.1 Å². The smallest absolute Gasteiger partial charge is 0.456 e. The van der Waals surface area contributed by atoms with Crippen LogP contribution in [0, 0.1) is 3.57 Å². The summed E-state index contributed by atoms with van der Waals surface area (Å²) in [6.07, 6.45) is -1.23. The van der Waals surface area contributed by atoms with Crippen LogP contribution in [-0.2, 0) is 9.53 Å². The maximum atomic E-state index is 12.5. The molecule has 17 heavy (non-hydrogen) atoms. The predicted molar refractivity (Wildman–Crippen MR) is 66.7 cm³/mol. The van der Waals surface area contributed by atoms with Gasteiger partial charge in [0.15, 0.2) is 0 Å². The normalized spacial score (nSPS) is 11.9. The largest absolute Gasteiger partial charge is 0.475 e. The minimum absolute atomic E-state index is 0.467. The Kier molecular flexibility index (Phi) is 5.01. The van der Waals surface area contributed by atoms with Gasteiger partial charge in [0.05, 0.1) is 6.61 Å². The zero-order valence-corrected chi connectivity index (χ0v) is 10.7. The summed E-state index contributed by atoms with van der Waals surface area (Å²) in [5.41, 5.74) is 0.827. The first-order valence-electron chi connectivity index (χ1n) is 4.59. The van der Waals surface area contributed by atoms with E-state index in [2.05, 4.69) is 27.3 Å². The molecule has 0 atom stereocenters. The highest BCUT2D eigenvalue weighted by Gasteiger charge is 2.40. The lowest BCUT2D eigenvalue weighted by Gasteiger charge is -2.09. The lowest BCUT2D eigenvalue weighted by Crippen LogP contribution is -2.31. The molecular formula is C11H9F2IO3. The highest BCUT2D eigenvalue weighted by molar-refractivity contribution is 14.1. The van der Waals surface area contributed by atoms with Gasteiger partial charge in [-0.15, -0.1) is 0 Å². The molecule has 0 bridgehead atoms. The van der Waals surface area contributed by atoms with E-state index in [1.165, 1.54) is 6.08 Å². The van der Waals surface area contributed by atoms with E-state index in [1.54, 1.807) is 6.08 Å². The van der Waals surface area contributed by atoms with E-state index >= 15 is 0 Å². The van der Waals surface area contributed by atoms with Crippen LogP contribution in [0.5, 0.6) is 0 Å². The molecule has 0 amide bonds. The van der Waals surface area contributed by atoms with Gasteiger partial charge in [-0.3, -0.25) is 0 Å². The van der Waals surface area contributed by atoms with Crippen molar-refractivity contribution in [2.45, 2.75) is 6.11 Å². The second-order valence-corrected chi connectivity index (χ2v) is 4.33. The van der Waals surface area contributed by atoms with E-state index in [1.807, 2.05) is 24.3 Å².